The summed E-state index contributed by atoms with van der Waals surface area (Å²) in [7, 11) is 1.90. The smallest absolute Gasteiger partial charge is 0.193 e. The molecule has 2 aliphatic rings. The molecule has 26 heavy (non-hydrogen) atoms. The second kappa shape index (κ2) is 9.47. The lowest BCUT2D eigenvalue weighted by Crippen LogP contribution is -2.50. The van der Waals surface area contributed by atoms with Gasteiger partial charge in [-0.2, -0.15) is 11.8 Å². The second-order valence-electron chi connectivity index (χ2n) is 7.10. The molecule has 2 aliphatic heterocycles. The molecule has 0 radical (unpaired) electrons. The minimum atomic E-state index is 0.280. The zero-order chi connectivity index (χ0) is 18.2. The molecule has 0 spiro atoms. The standard InChI is InChI=1S/C21H31N3OS/c1-22-20(23-17-21(26-2)10-14-25-15-11-21)24-12-8-19(9-13-24)16-18-6-4-3-5-7-18/h3-7,16H,8-15,17H2,1-2H3,(H,22,23). The summed E-state index contributed by atoms with van der Waals surface area (Å²) in [5.74, 6) is 1.05. The maximum atomic E-state index is 5.55. The Morgan fingerprint density at radius 3 is 2.54 bits per heavy atom. The summed E-state index contributed by atoms with van der Waals surface area (Å²) >= 11 is 1.97. The Kier molecular flexibility index (Phi) is 7.03. The van der Waals surface area contributed by atoms with E-state index in [4.69, 9.17) is 4.74 Å². The molecular formula is C21H31N3OS. The molecule has 0 amide bonds. The van der Waals surface area contributed by atoms with Crippen LogP contribution >= 0.6 is 11.8 Å². The van der Waals surface area contributed by atoms with E-state index in [2.05, 4.69) is 57.9 Å². The van der Waals surface area contributed by atoms with Crippen molar-refractivity contribution >= 4 is 23.8 Å². The molecule has 2 saturated heterocycles. The van der Waals surface area contributed by atoms with Gasteiger partial charge in [0.1, 0.15) is 0 Å². The third-order valence-corrected chi connectivity index (χ3v) is 6.91. The molecule has 2 fully saturated rings. The van der Waals surface area contributed by atoms with E-state index in [0.29, 0.717) is 0 Å². The number of aliphatic imine (C=N–C) groups is 1. The first-order chi connectivity index (χ1) is 12.7. The van der Waals surface area contributed by atoms with Crippen LogP contribution in [0, 0.1) is 0 Å². The maximum absolute atomic E-state index is 5.55. The van der Waals surface area contributed by atoms with Gasteiger partial charge < -0.3 is 15.0 Å². The molecule has 0 atom stereocenters. The topological polar surface area (TPSA) is 36.9 Å². The van der Waals surface area contributed by atoms with Gasteiger partial charge in [0.15, 0.2) is 5.96 Å². The second-order valence-corrected chi connectivity index (χ2v) is 8.37. The van der Waals surface area contributed by atoms with E-state index in [1.165, 1.54) is 11.1 Å². The Bertz CT molecular complexity index is 613. The minimum absolute atomic E-state index is 0.280. The van der Waals surface area contributed by atoms with Crippen molar-refractivity contribution in [2.75, 3.05) is 46.2 Å². The molecule has 0 aliphatic carbocycles. The van der Waals surface area contributed by atoms with Crippen LogP contribution < -0.4 is 5.32 Å². The number of ether oxygens (including phenoxy) is 1. The first kappa shape index (κ1) is 19.3. The highest BCUT2D eigenvalue weighted by molar-refractivity contribution is 8.00. The van der Waals surface area contributed by atoms with Gasteiger partial charge in [0.2, 0.25) is 0 Å². The van der Waals surface area contributed by atoms with Crippen molar-refractivity contribution in [2.45, 2.75) is 30.4 Å². The zero-order valence-electron chi connectivity index (χ0n) is 16.0. The van der Waals surface area contributed by atoms with Gasteiger partial charge >= 0.3 is 0 Å². The quantitative estimate of drug-likeness (QED) is 0.646. The van der Waals surface area contributed by atoms with Crippen molar-refractivity contribution in [3.8, 4) is 0 Å². The Morgan fingerprint density at radius 1 is 1.23 bits per heavy atom. The van der Waals surface area contributed by atoms with E-state index < -0.39 is 0 Å². The number of guanidine groups is 1. The number of rotatable bonds is 4. The van der Waals surface area contributed by atoms with Crippen LogP contribution in [0.15, 0.2) is 40.9 Å². The van der Waals surface area contributed by atoms with Crippen molar-refractivity contribution in [3.63, 3.8) is 0 Å². The number of nitrogens with zero attached hydrogens (tertiary/aromatic N) is 2. The molecule has 5 heteroatoms. The Labute approximate surface area is 162 Å². The molecular weight excluding hydrogens is 342 g/mol. The highest BCUT2D eigenvalue weighted by Crippen LogP contribution is 2.33. The summed E-state index contributed by atoms with van der Waals surface area (Å²) in [6.45, 7) is 4.78. The van der Waals surface area contributed by atoms with Gasteiger partial charge in [-0.3, -0.25) is 4.99 Å². The van der Waals surface area contributed by atoms with Crippen LogP contribution in [0.2, 0.25) is 0 Å². The third kappa shape index (κ3) is 5.04. The monoisotopic (exact) mass is 373 g/mol. The molecule has 142 valence electrons. The Morgan fingerprint density at radius 2 is 1.92 bits per heavy atom. The summed E-state index contributed by atoms with van der Waals surface area (Å²) < 4.78 is 5.83. The van der Waals surface area contributed by atoms with Crippen molar-refractivity contribution in [2.24, 2.45) is 4.99 Å². The average molecular weight is 374 g/mol. The summed E-state index contributed by atoms with van der Waals surface area (Å²) in [4.78, 5) is 6.94. The van der Waals surface area contributed by atoms with Crippen molar-refractivity contribution < 1.29 is 4.74 Å². The number of hydrogen-bond donors (Lipinski definition) is 1. The fourth-order valence-corrected chi connectivity index (χ4v) is 4.50. The van der Waals surface area contributed by atoms with E-state index in [9.17, 15) is 0 Å². The molecule has 1 aromatic rings. The van der Waals surface area contributed by atoms with Crippen LogP contribution in [0.4, 0.5) is 0 Å². The molecule has 4 nitrogen and oxygen atoms in total. The molecule has 0 unspecified atom stereocenters. The molecule has 1 aromatic carbocycles. The number of thioether (sulfide) groups is 1. The maximum Gasteiger partial charge on any atom is 0.193 e. The van der Waals surface area contributed by atoms with Gasteiger partial charge in [-0.1, -0.05) is 42.0 Å². The van der Waals surface area contributed by atoms with Gasteiger partial charge in [0.25, 0.3) is 0 Å². The highest BCUT2D eigenvalue weighted by atomic mass is 32.2. The Balaban J connectivity index is 1.53. The van der Waals surface area contributed by atoms with Crippen molar-refractivity contribution in [1.82, 2.24) is 10.2 Å². The molecule has 2 heterocycles. The van der Waals surface area contributed by atoms with E-state index in [0.717, 1.165) is 64.5 Å². The van der Waals surface area contributed by atoms with Crippen LogP contribution in [0.5, 0.6) is 0 Å². The van der Waals surface area contributed by atoms with Gasteiger partial charge in [-0.05, 0) is 37.5 Å². The van der Waals surface area contributed by atoms with Gasteiger partial charge in [-0.25, -0.2) is 0 Å². The Hall–Kier alpha value is -1.46. The van der Waals surface area contributed by atoms with E-state index in [1.54, 1.807) is 0 Å². The zero-order valence-corrected chi connectivity index (χ0v) is 16.9. The number of hydrogen-bond acceptors (Lipinski definition) is 3. The van der Waals surface area contributed by atoms with Gasteiger partial charge in [0, 0.05) is 44.6 Å². The van der Waals surface area contributed by atoms with E-state index >= 15 is 0 Å². The highest BCUT2D eigenvalue weighted by Gasteiger charge is 2.32. The van der Waals surface area contributed by atoms with E-state index in [1.807, 2.05) is 18.8 Å². The fraction of sp³-hybridized carbons (Fsp3) is 0.571. The summed E-state index contributed by atoms with van der Waals surface area (Å²) in [6.07, 6.45) is 9.01. The molecule has 0 saturated carbocycles. The number of nitrogens with one attached hydrogen (secondary N) is 1. The van der Waals surface area contributed by atoms with Crippen LogP contribution in [0.25, 0.3) is 6.08 Å². The lowest BCUT2D eigenvalue weighted by Gasteiger charge is -2.38. The number of benzene rings is 1. The van der Waals surface area contributed by atoms with Gasteiger partial charge in [-0.15, -0.1) is 0 Å². The largest absolute Gasteiger partial charge is 0.381 e. The fourth-order valence-electron chi connectivity index (χ4n) is 3.70. The summed E-state index contributed by atoms with van der Waals surface area (Å²) in [5, 5.41) is 3.65. The lowest BCUT2D eigenvalue weighted by molar-refractivity contribution is 0.0781. The van der Waals surface area contributed by atoms with Crippen LogP contribution in [-0.2, 0) is 4.74 Å². The minimum Gasteiger partial charge on any atom is -0.381 e. The van der Waals surface area contributed by atoms with Crippen LogP contribution in [0.1, 0.15) is 31.2 Å². The molecule has 0 aromatic heterocycles. The molecule has 3 rings (SSSR count). The predicted octanol–water partition coefficient (Wildman–Crippen LogP) is 3.65. The first-order valence-electron chi connectivity index (χ1n) is 9.58. The number of likely N-dealkylation sites (tertiary alicyclic amines) is 1. The molecule has 0 bridgehead atoms. The lowest BCUT2D eigenvalue weighted by atomic mass is 9.99. The van der Waals surface area contributed by atoms with Crippen molar-refractivity contribution in [1.29, 1.82) is 0 Å². The third-order valence-electron chi connectivity index (χ3n) is 5.49. The van der Waals surface area contributed by atoms with Crippen LogP contribution in [-0.4, -0.2) is 61.8 Å². The summed E-state index contributed by atoms with van der Waals surface area (Å²) in [5.41, 5.74) is 2.84. The normalized spacial score (nSPS) is 20.8. The van der Waals surface area contributed by atoms with Crippen LogP contribution in [0.3, 0.4) is 0 Å². The van der Waals surface area contributed by atoms with Crippen molar-refractivity contribution in [3.05, 3.63) is 41.5 Å². The SMILES string of the molecule is CN=C(NCC1(SC)CCOCC1)N1CCC(=Cc2ccccc2)CC1. The summed E-state index contributed by atoms with van der Waals surface area (Å²) in [6, 6.07) is 10.6. The average Bonchev–Trinajstić information content (AvgIpc) is 2.71. The molecule has 1 N–H and O–H groups in total. The van der Waals surface area contributed by atoms with Gasteiger partial charge in [0.05, 0.1) is 0 Å². The predicted molar refractivity (Wildman–Crippen MR) is 113 cm³/mol. The first-order valence-corrected chi connectivity index (χ1v) is 10.8. The van der Waals surface area contributed by atoms with E-state index in [-0.39, 0.29) is 4.75 Å². The number of piperidine rings is 1.